The van der Waals surface area contributed by atoms with Crippen molar-refractivity contribution >= 4 is 0 Å². The Morgan fingerprint density at radius 1 is 0.739 bits per heavy atom. The van der Waals surface area contributed by atoms with E-state index in [4.69, 9.17) is 0 Å². The maximum atomic E-state index is 2.46. The van der Waals surface area contributed by atoms with Gasteiger partial charge >= 0.3 is 0 Å². The summed E-state index contributed by atoms with van der Waals surface area (Å²) < 4.78 is 0. The molecule has 0 nitrogen and oxygen atoms in total. The number of hydrogen-bond donors (Lipinski definition) is 0. The SMILES string of the molecule is CCCCC1CCC(c2ccc(C3CCC(C)CC3)cc2)CC1. The van der Waals surface area contributed by atoms with Crippen LogP contribution in [-0.4, -0.2) is 0 Å². The van der Waals surface area contributed by atoms with Crippen LogP contribution in [0.15, 0.2) is 24.3 Å². The van der Waals surface area contributed by atoms with E-state index < -0.39 is 0 Å². The van der Waals surface area contributed by atoms with Gasteiger partial charge in [-0.25, -0.2) is 0 Å². The van der Waals surface area contributed by atoms with Gasteiger partial charge in [-0.1, -0.05) is 70.2 Å². The van der Waals surface area contributed by atoms with Gasteiger partial charge in [0.25, 0.3) is 0 Å². The zero-order valence-electron chi connectivity index (χ0n) is 15.4. The van der Waals surface area contributed by atoms with E-state index in [1.807, 2.05) is 0 Å². The number of benzene rings is 1. The molecule has 23 heavy (non-hydrogen) atoms. The molecule has 0 N–H and O–H groups in total. The van der Waals surface area contributed by atoms with Crippen LogP contribution >= 0.6 is 0 Å². The molecule has 0 heteroatoms. The number of rotatable bonds is 5. The molecule has 0 aromatic heterocycles. The first kappa shape index (κ1) is 17.1. The highest BCUT2D eigenvalue weighted by atomic mass is 14.3. The predicted octanol–water partition coefficient (Wildman–Crippen LogP) is 7.44. The minimum atomic E-state index is 0.838. The van der Waals surface area contributed by atoms with Gasteiger partial charge in [0.1, 0.15) is 0 Å². The van der Waals surface area contributed by atoms with Gasteiger partial charge < -0.3 is 0 Å². The molecule has 2 fully saturated rings. The van der Waals surface area contributed by atoms with E-state index >= 15 is 0 Å². The van der Waals surface area contributed by atoms with Crippen LogP contribution in [0.4, 0.5) is 0 Å². The monoisotopic (exact) mass is 312 g/mol. The first-order chi connectivity index (χ1) is 11.3. The van der Waals surface area contributed by atoms with Crippen molar-refractivity contribution in [3.63, 3.8) is 0 Å². The molecular weight excluding hydrogens is 276 g/mol. The summed E-state index contributed by atoms with van der Waals surface area (Å²) >= 11 is 0. The molecule has 0 radical (unpaired) electrons. The third-order valence-corrected chi connectivity index (χ3v) is 6.71. The van der Waals surface area contributed by atoms with Crippen LogP contribution in [-0.2, 0) is 0 Å². The Kier molecular flexibility index (Phi) is 6.20. The number of unbranched alkanes of at least 4 members (excludes halogenated alkanes) is 1. The highest BCUT2D eigenvalue weighted by molar-refractivity contribution is 5.28. The summed E-state index contributed by atoms with van der Waals surface area (Å²) in [4.78, 5) is 0. The fourth-order valence-corrected chi connectivity index (χ4v) is 4.91. The van der Waals surface area contributed by atoms with Gasteiger partial charge in [0.05, 0.1) is 0 Å². The molecule has 2 saturated carbocycles. The van der Waals surface area contributed by atoms with Crippen molar-refractivity contribution in [2.24, 2.45) is 11.8 Å². The second-order valence-corrected chi connectivity index (χ2v) is 8.48. The third kappa shape index (κ3) is 4.61. The Morgan fingerprint density at radius 2 is 1.22 bits per heavy atom. The highest BCUT2D eigenvalue weighted by Gasteiger charge is 2.23. The molecule has 0 atom stereocenters. The van der Waals surface area contributed by atoms with E-state index in [-0.39, 0.29) is 0 Å². The Balaban J connectivity index is 1.52. The lowest BCUT2D eigenvalue weighted by atomic mass is 9.76. The number of hydrogen-bond acceptors (Lipinski definition) is 0. The summed E-state index contributed by atoms with van der Waals surface area (Å²) in [6.45, 7) is 4.73. The fraction of sp³-hybridized carbons (Fsp3) is 0.739. The van der Waals surface area contributed by atoms with Crippen molar-refractivity contribution in [2.45, 2.75) is 96.3 Å². The van der Waals surface area contributed by atoms with Gasteiger partial charge in [-0.2, -0.15) is 0 Å². The molecule has 0 amide bonds. The Bertz CT molecular complexity index is 441. The first-order valence-electron chi connectivity index (χ1n) is 10.4. The van der Waals surface area contributed by atoms with Crippen LogP contribution in [0.2, 0.25) is 0 Å². The van der Waals surface area contributed by atoms with Crippen LogP contribution in [0.1, 0.15) is 107 Å². The molecule has 0 unspecified atom stereocenters. The van der Waals surface area contributed by atoms with Gasteiger partial charge in [0.15, 0.2) is 0 Å². The van der Waals surface area contributed by atoms with E-state index in [2.05, 4.69) is 38.1 Å². The van der Waals surface area contributed by atoms with Crippen LogP contribution in [0.3, 0.4) is 0 Å². The van der Waals surface area contributed by atoms with Crippen molar-refractivity contribution in [2.75, 3.05) is 0 Å². The van der Waals surface area contributed by atoms with Gasteiger partial charge in [0, 0.05) is 0 Å². The van der Waals surface area contributed by atoms with Crippen molar-refractivity contribution in [3.05, 3.63) is 35.4 Å². The van der Waals surface area contributed by atoms with Crippen LogP contribution in [0.25, 0.3) is 0 Å². The standard InChI is InChI=1S/C23H36/c1-3-4-5-19-8-12-21(13-9-19)23-16-14-22(15-17-23)20-10-6-18(2)7-11-20/h14-21H,3-13H2,1-2H3. The van der Waals surface area contributed by atoms with Gasteiger partial charge in [-0.15, -0.1) is 0 Å². The van der Waals surface area contributed by atoms with E-state index in [9.17, 15) is 0 Å². The summed E-state index contributed by atoms with van der Waals surface area (Å²) in [6.07, 6.45) is 15.7. The largest absolute Gasteiger partial charge is 0.0654 e. The average molecular weight is 313 g/mol. The van der Waals surface area contributed by atoms with Crippen LogP contribution in [0.5, 0.6) is 0 Å². The summed E-state index contributed by atoms with van der Waals surface area (Å²) in [5, 5.41) is 0. The second-order valence-electron chi connectivity index (χ2n) is 8.48. The van der Waals surface area contributed by atoms with E-state index in [0.717, 1.165) is 23.7 Å². The average Bonchev–Trinajstić information content (AvgIpc) is 2.61. The third-order valence-electron chi connectivity index (χ3n) is 6.71. The lowest BCUT2D eigenvalue weighted by Gasteiger charge is -2.30. The Morgan fingerprint density at radius 3 is 1.70 bits per heavy atom. The van der Waals surface area contributed by atoms with Gasteiger partial charge in [0.2, 0.25) is 0 Å². The topological polar surface area (TPSA) is 0 Å². The lowest BCUT2D eigenvalue weighted by Crippen LogP contribution is -2.14. The summed E-state index contributed by atoms with van der Waals surface area (Å²) in [6, 6.07) is 9.84. The first-order valence-corrected chi connectivity index (χ1v) is 10.4. The molecular formula is C23H36. The molecule has 2 aliphatic carbocycles. The molecule has 0 heterocycles. The minimum Gasteiger partial charge on any atom is -0.0654 e. The zero-order chi connectivity index (χ0) is 16.1. The quantitative estimate of drug-likeness (QED) is 0.529. The molecule has 3 rings (SSSR count). The van der Waals surface area contributed by atoms with Crippen molar-refractivity contribution < 1.29 is 0 Å². The van der Waals surface area contributed by atoms with Crippen LogP contribution in [0, 0.1) is 11.8 Å². The van der Waals surface area contributed by atoms with Crippen molar-refractivity contribution in [3.8, 4) is 0 Å². The van der Waals surface area contributed by atoms with Crippen molar-refractivity contribution in [1.29, 1.82) is 0 Å². The summed E-state index contributed by atoms with van der Waals surface area (Å²) in [5.74, 6) is 3.65. The normalized spacial score (nSPS) is 31.9. The summed E-state index contributed by atoms with van der Waals surface area (Å²) in [7, 11) is 0. The molecule has 128 valence electrons. The zero-order valence-corrected chi connectivity index (χ0v) is 15.4. The van der Waals surface area contributed by atoms with E-state index in [1.54, 1.807) is 11.1 Å². The molecule has 1 aromatic rings. The highest BCUT2D eigenvalue weighted by Crippen LogP contribution is 2.39. The maximum absolute atomic E-state index is 2.46. The smallest absolute Gasteiger partial charge is 0.0162 e. The lowest BCUT2D eigenvalue weighted by molar-refractivity contribution is 0.304. The molecule has 0 bridgehead atoms. The second kappa shape index (κ2) is 8.36. The Labute approximate surface area is 144 Å². The molecule has 0 aliphatic heterocycles. The fourth-order valence-electron chi connectivity index (χ4n) is 4.91. The van der Waals surface area contributed by atoms with E-state index in [0.29, 0.717) is 0 Å². The summed E-state index contributed by atoms with van der Waals surface area (Å²) in [5.41, 5.74) is 3.23. The molecule has 0 saturated heterocycles. The molecule has 0 spiro atoms. The molecule has 1 aromatic carbocycles. The van der Waals surface area contributed by atoms with Gasteiger partial charge in [-0.3, -0.25) is 0 Å². The van der Waals surface area contributed by atoms with Gasteiger partial charge in [-0.05, 0) is 73.3 Å². The van der Waals surface area contributed by atoms with E-state index in [1.165, 1.54) is 70.6 Å². The molecule has 2 aliphatic rings. The van der Waals surface area contributed by atoms with Crippen LogP contribution < -0.4 is 0 Å². The predicted molar refractivity (Wildman–Crippen MR) is 101 cm³/mol. The Hall–Kier alpha value is -0.780. The maximum Gasteiger partial charge on any atom is -0.0162 e. The van der Waals surface area contributed by atoms with Crippen molar-refractivity contribution in [1.82, 2.24) is 0 Å². The minimum absolute atomic E-state index is 0.838.